The Balaban J connectivity index is 2.60. The van der Waals surface area contributed by atoms with Gasteiger partial charge in [-0.3, -0.25) is 0 Å². The summed E-state index contributed by atoms with van der Waals surface area (Å²) in [5.74, 6) is 0. The maximum Gasteiger partial charge on any atom is 0.232 e. The molecule has 0 saturated carbocycles. The zero-order valence-electron chi connectivity index (χ0n) is 7.73. The molecule has 80 valence electrons. The van der Waals surface area contributed by atoms with E-state index >= 15 is 0 Å². The van der Waals surface area contributed by atoms with Crippen LogP contribution in [0.4, 0.5) is 0 Å². The molecule has 0 saturated heterocycles. The van der Waals surface area contributed by atoms with Crippen molar-refractivity contribution in [1.82, 2.24) is 15.5 Å². The lowest BCUT2D eigenvalue weighted by Crippen LogP contribution is -2.21. The second kappa shape index (κ2) is 4.78. The molecular weight excluding hydrogens is 224 g/mol. The molecule has 0 radical (unpaired) electrons. The maximum absolute atomic E-state index is 11.0. The lowest BCUT2D eigenvalue weighted by atomic mass is 10.6. The quantitative estimate of drug-likeness (QED) is 0.636. The Morgan fingerprint density at radius 2 is 2.21 bits per heavy atom. The van der Waals surface area contributed by atoms with E-state index in [4.69, 9.17) is 5.73 Å². The maximum atomic E-state index is 11.0. The van der Waals surface area contributed by atoms with E-state index in [1.807, 2.05) is 0 Å². The number of aromatic nitrogens is 2. The van der Waals surface area contributed by atoms with Gasteiger partial charge in [-0.1, -0.05) is 11.3 Å². The topological polar surface area (TPSA) is 98.0 Å². The molecule has 1 aromatic rings. The summed E-state index contributed by atoms with van der Waals surface area (Å²) in [5.41, 5.74) is 5.28. The Bertz CT molecular complexity index is 386. The highest BCUT2D eigenvalue weighted by Gasteiger charge is 2.13. The van der Waals surface area contributed by atoms with Crippen LogP contribution in [0.2, 0.25) is 0 Å². The van der Waals surface area contributed by atoms with Gasteiger partial charge in [-0.05, 0) is 0 Å². The van der Waals surface area contributed by atoms with E-state index in [1.165, 1.54) is 0 Å². The largest absolute Gasteiger partial charge is 0.329 e. The van der Waals surface area contributed by atoms with Gasteiger partial charge < -0.3 is 11.1 Å². The third kappa shape index (κ3) is 3.29. The normalized spacial score (nSPS) is 11.9. The summed E-state index contributed by atoms with van der Waals surface area (Å²) in [6.45, 7) is 1.72. The van der Waals surface area contributed by atoms with Gasteiger partial charge in [0, 0.05) is 25.9 Å². The van der Waals surface area contributed by atoms with Crippen LogP contribution < -0.4 is 11.1 Å². The highest BCUT2D eigenvalue weighted by molar-refractivity contribution is 7.92. The molecule has 0 aliphatic heterocycles. The van der Waals surface area contributed by atoms with Gasteiger partial charge in [0.05, 0.1) is 0 Å². The summed E-state index contributed by atoms with van der Waals surface area (Å²) in [7, 11) is -3.22. The van der Waals surface area contributed by atoms with Crippen molar-refractivity contribution in [2.24, 2.45) is 5.73 Å². The molecule has 0 amide bonds. The van der Waals surface area contributed by atoms with Crippen LogP contribution in [0, 0.1) is 0 Å². The molecule has 0 unspecified atom stereocenters. The Morgan fingerprint density at radius 1 is 1.50 bits per heavy atom. The predicted molar refractivity (Wildman–Crippen MR) is 53.8 cm³/mol. The van der Waals surface area contributed by atoms with Gasteiger partial charge >= 0.3 is 0 Å². The van der Waals surface area contributed by atoms with Crippen molar-refractivity contribution < 1.29 is 8.42 Å². The van der Waals surface area contributed by atoms with Crippen molar-refractivity contribution in [1.29, 1.82) is 0 Å². The first-order valence-corrected chi connectivity index (χ1v) is 6.68. The smallest absolute Gasteiger partial charge is 0.232 e. The average Bonchev–Trinajstić information content (AvgIpc) is 2.52. The van der Waals surface area contributed by atoms with Crippen molar-refractivity contribution in [2.75, 3.05) is 19.3 Å². The standard InChI is InChI=1S/C6H12N4O2S2/c1-14(11,12)6-10-9-5(13-6)4-8-3-2-7/h8H,2-4,7H2,1H3. The number of nitrogens with two attached hydrogens (primary N) is 1. The van der Waals surface area contributed by atoms with E-state index < -0.39 is 9.84 Å². The lowest BCUT2D eigenvalue weighted by Gasteiger charge is -1.96. The molecule has 0 fully saturated rings. The first kappa shape index (κ1) is 11.5. The molecule has 6 nitrogen and oxygen atoms in total. The summed E-state index contributed by atoms with van der Waals surface area (Å²) >= 11 is 1.08. The summed E-state index contributed by atoms with van der Waals surface area (Å²) in [4.78, 5) is 0. The van der Waals surface area contributed by atoms with Crippen LogP contribution in [0.3, 0.4) is 0 Å². The molecule has 1 heterocycles. The molecule has 0 aliphatic rings. The van der Waals surface area contributed by atoms with Crippen LogP contribution in [0.15, 0.2) is 4.34 Å². The SMILES string of the molecule is CS(=O)(=O)c1nnc(CNCCN)s1. The van der Waals surface area contributed by atoms with Gasteiger partial charge in [-0.25, -0.2) is 8.42 Å². The van der Waals surface area contributed by atoms with E-state index in [1.54, 1.807) is 0 Å². The molecule has 0 spiro atoms. The zero-order chi connectivity index (χ0) is 10.6. The van der Waals surface area contributed by atoms with Crippen molar-refractivity contribution in [3.8, 4) is 0 Å². The fraction of sp³-hybridized carbons (Fsp3) is 0.667. The lowest BCUT2D eigenvalue weighted by molar-refractivity contribution is 0.599. The Morgan fingerprint density at radius 3 is 2.71 bits per heavy atom. The second-order valence-electron chi connectivity index (χ2n) is 2.70. The number of sulfone groups is 1. The number of nitrogens with one attached hydrogen (secondary N) is 1. The average molecular weight is 236 g/mol. The van der Waals surface area contributed by atoms with Crippen LogP contribution in [-0.2, 0) is 16.4 Å². The molecule has 0 bridgehead atoms. The van der Waals surface area contributed by atoms with Crippen LogP contribution in [0.5, 0.6) is 0 Å². The summed E-state index contributed by atoms with van der Waals surface area (Å²) in [5, 5.41) is 11.0. The van der Waals surface area contributed by atoms with Gasteiger partial charge in [0.1, 0.15) is 5.01 Å². The minimum absolute atomic E-state index is 0.0575. The Hall–Kier alpha value is -0.570. The Kier molecular flexibility index (Phi) is 3.93. The third-order valence-electron chi connectivity index (χ3n) is 1.36. The third-order valence-corrected chi connectivity index (χ3v) is 3.96. The first-order valence-electron chi connectivity index (χ1n) is 3.97. The molecule has 8 heteroatoms. The highest BCUT2D eigenvalue weighted by atomic mass is 32.2. The van der Waals surface area contributed by atoms with Gasteiger partial charge in [0.15, 0.2) is 0 Å². The summed E-state index contributed by atoms with van der Waals surface area (Å²) in [6.07, 6.45) is 1.12. The van der Waals surface area contributed by atoms with Crippen molar-refractivity contribution in [2.45, 2.75) is 10.9 Å². The van der Waals surface area contributed by atoms with Crippen molar-refractivity contribution in [3.05, 3.63) is 5.01 Å². The van der Waals surface area contributed by atoms with Gasteiger partial charge in [-0.2, -0.15) is 0 Å². The van der Waals surface area contributed by atoms with E-state index in [2.05, 4.69) is 15.5 Å². The van der Waals surface area contributed by atoms with Gasteiger partial charge in [0.25, 0.3) is 0 Å². The molecular formula is C6H12N4O2S2. The molecule has 3 N–H and O–H groups in total. The predicted octanol–water partition coefficient (Wildman–Crippen LogP) is -1.01. The summed E-state index contributed by atoms with van der Waals surface area (Å²) < 4.78 is 22.1. The number of nitrogens with zero attached hydrogens (tertiary/aromatic N) is 2. The van der Waals surface area contributed by atoms with Gasteiger partial charge in [-0.15, -0.1) is 10.2 Å². The number of hydrogen-bond donors (Lipinski definition) is 2. The molecule has 1 rings (SSSR count). The van der Waals surface area contributed by atoms with Crippen molar-refractivity contribution in [3.63, 3.8) is 0 Å². The van der Waals surface area contributed by atoms with E-state index in [0.717, 1.165) is 17.6 Å². The second-order valence-corrected chi connectivity index (χ2v) is 5.95. The van der Waals surface area contributed by atoms with E-state index in [0.29, 0.717) is 24.6 Å². The van der Waals surface area contributed by atoms with Crippen LogP contribution in [0.25, 0.3) is 0 Å². The molecule has 0 aliphatic carbocycles. The molecule has 1 aromatic heterocycles. The number of rotatable bonds is 5. The van der Waals surface area contributed by atoms with Gasteiger partial charge in [0.2, 0.25) is 14.2 Å². The Labute approximate surface area is 86.5 Å². The molecule has 0 atom stereocenters. The fourth-order valence-electron chi connectivity index (χ4n) is 0.757. The van der Waals surface area contributed by atoms with Crippen LogP contribution >= 0.6 is 11.3 Å². The van der Waals surface area contributed by atoms with E-state index in [9.17, 15) is 8.42 Å². The summed E-state index contributed by atoms with van der Waals surface area (Å²) in [6, 6.07) is 0. The molecule has 0 aromatic carbocycles. The van der Waals surface area contributed by atoms with Crippen LogP contribution in [0.1, 0.15) is 5.01 Å². The van der Waals surface area contributed by atoms with Crippen LogP contribution in [-0.4, -0.2) is 38.0 Å². The monoisotopic (exact) mass is 236 g/mol. The first-order chi connectivity index (χ1) is 6.54. The van der Waals surface area contributed by atoms with Crippen molar-refractivity contribution >= 4 is 21.2 Å². The zero-order valence-corrected chi connectivity index (χ0v) is 9.36. The highest BCUT2D eigenvalue weighted by Crippen LogP contribution is 2.14. The number of hydrogen-bond acceptors (Lipinski definition) is 7. The van der Waals surface area contributed by atoms with E-state index in [-0.39, 0.29) is 4.34 Å². The molecule has 14 heavy (non-hydrogen) atoms. The minimum atomic E-state index is -3.22. The fourth-order valence-corrected chi connectivity index (χ4v) is 2.38. The minimum Gasteiger partial charge on any atom is -0.329 e.